The summed E-state index contributed by atoms with van der Waals surface area (Å²) in [5, 5.41) is 0. The highest BCUT2D eigenvalue weighted by atomic mass is 16.5. The van der Waals surface area contributed by atoms with E-state index in [0.717, 1.165) is 41.3 Å². The first-order chi connectivity index (χ1) is 9.66. The summed E-state index contributed by atoms with van der Waals surface area (Å²) < 4.78 is 6.63. The van der Waals surface area contributed by atoms with E-state index in [-0.39, 0.29) is 5.60 Å². The fourth-order valence-corrected chi connectivity index (χ4v) is 5.33. The molecule has 0 aromatic carbocycles. The topological polar surface area (TPSA) is 22.1 Å². The zero-order chi connectivity index (χ0) is 13.7. The Labute approximate surface area is 121 Å². The van der Waals surface area contributed by atoms with Crippen molar-refractivity contribution in [1.29, 1.82) is 0 Å². The number of pyridine rings is 1. The molecule has 20 heavy (non-hydrogen) atoms. The number of rotatable bonds is 3. The van der Waals surface area contributed by atoms with Crippen LogP contribution in [0.25, 0.3) is 0 Å². The van der Waals surface area contributed by atoms with Crippen LogP contribution in [0.1, 0.15) is 56.8 Å². The molecule has 0 saturated heterocycles. The van der Waals surface area contributed by atoms with E-state index in [0.29, 0.717) is 0 Å². The minimum Gasteiger partial charge on any atom is -0.485 e. The van der Waals surface area contributed by atoms with Crippen LogP contribution in [-0.2, 0) is 6.42 Å². The predicted octanol–water partition coefficient (Wildman–Crippen LogP) is 4.30. The molecule has 0 aliphatic heterocycles. The van der Waals surface area contributed by atoms with E-state index >= 15 is 0 Å². The molecule has 0 atom stereocenters. The van der Waals surface area contributed by atoms with Crippen molar-refractivity contribution in [3.63, 3.8) is 0 Å². The van der Waals surface area contributed by atoms with Crippen LogP contribution in [0.15, 0.2) is 12.1 Å². The molecule has 0 unspecified atom stereocenters. The lowest BCUT2D eigenvalue weighted by atomic mass is 9.54. The van der Waals surface area contributed by atoms with Gasteiger partial charge in [-0.25, -0.2) is 0 Å². The lowest BCUT2D eigenvalue weighted by molar-refractivity contribution is -0.108. The average molecular weight is 271 g/mol. The second-order valence-corrected chi connectivity index (χ2v) is 7.45. The molecule has 1 heterocycles. The zero-order valence-corrected chi connectivity index (χ0v) is 12.7. The summed E-state index contributed by atoms with van der Waals surface area (Å²) in [6.45, 7) is 4.24. The molecule has 2 nitrogen and oxygen atoms in total. The van der Waals surface area contributed by atoms with Crippen LogP contribution in [0, 0.1) is 24.7 Å². The summed E-state index contributed by atoms with van der Waals surface area (Å²) in [5.41, 5.74) is 2.38. The van der Waals surface area contributed by atoms with Gasteiger partial charge in [0, 0.05) is 5.69 Å². The average Bonchev–Trinajstić information content (AvgIpc) is 2.39. The summed E-state index contributed by atoms with van der Waals surface area (Å²) in [6.07, 6.45) is 9.23. The molecule has 0 amide bonds. The second-order valence-electron chi connectivity index (χ2n) is 7.45. The van der Waals surface area contributed by atoms with Gasteiger partial charge in [0.2, 0.25) is 0 Å². The van der Waals surface area contributed by atoms with Gasteiger partial charge in [-0.2, -0.15) is 0 Å². The van der Waals surface area contributed by atoms with Crippen LogP contribution in [0.5, 0.6) is 5.75 Å². The Morgan fingerprint density at radius 2 is 1.70 bits per heavy atom. The minimum atomic E-state index is 0.148. The SMILES string of the molecule is CCc1nc(C)ccc1OC12CC3CC(CC(C3)C1)C2. The van der Waals surface area contributed by atoms with Crippen LogP contribution in [0.3, 0.4) is 0 Å². The van der Waals surface area contributed by atoms with Gasteiger partial charge in [-0.15, -0.1) is 0 Å². The maximum Gasteiger partial charge on any atom is 0.141 e. The van der Waals surface area contributed by atoms with E-state index in [2.05, 4.69) is 31.0 Å². The summed E-state index contributed by atoms with van der Waals surface area (Å²) in [7, 11) is 0. The molecule has 4 fully saturated rings. The van der Waals surface area contributed by atoms with E-state index in [9.17, 15) is 0 Å². The molecular weight excluding hydrogens is 246 g/mol. The highest BCUT2D eigenvalue weighted by Gasteiger charge is 2.52. The van der Waals surface area contributed by atoms with Crippen molar-refractivity contribution in [2.45, 2.75) is 64.4 Å². The van der Waals surface area contributed by atoms with Crippen molar-refractivity contribution in [1.82, 2.24) is 4.98 Å². The van der Waals surface area contributed by atoms with Crippen molar-refractivity contribution in [3.05, 3.63) is 23.5 Å². The van der Waals surface area contributed by atoms with Crippen LogP contribution < -0.4 is 4.74 Å². The molecule has 2 heteroatoms. The van der Waals surface area contributed by atoms with Gasteiger partial charge in [0.1, 0.15) is 11.4 Å². The van der Waals surface area contributed by atoms with E-state index in [1.165, 1.54) is 38.5 Å². The van der Waals surface area contributed by atoms with E-state index < -0.39 is 0 Å². The molecule has 4 saturated carbocycles. The van der Waals surface area contributed by atoms with Gasteiger partial charge in [0.15, 0.2) is 0 Å². The molecule has 4 aliphatic rings. The zero-order valence-electron chi connectivity index (χ0n) is 12.7. The highest BCUT2D eigenvalue weighted by molar-refractivity contribution is 5.30. The van der Waals surface area contributed by atoms with Crippen LogP contribution >= 0.6 is 0 Å². The van der Waals surface area contributed by atoms with Crippen LogP contribution in [0.2, 0.25) is 0 Å². The van der Waals surface area contributed by atoms with Gasteiger partial charge in [0.25, 0.3) is 0 Å². The number of hydrogen-bond acceptors (Lipinski definition) is 2. The Morgan fingerprint density at radius 3 is 2.25 bits per heavy atom. The van der Waals surface area contributed by atoms with Gasteiger partial charge >= 0.3 is 0 Å². The quantitative estimate of drug-likeness (QED) is 0.817. The van der Waals surface area contributed by atoms with Gasteiger partial charge in [-0.1, -0.05) is 6.92 Å². The fraction of sp³-hybridized carbons (Fsp3) is 0.722. The molecule has 0 spiro atoms. The third-order valence-electron chi connectivity index (χ3n) is 5.72. The summed E-state index contributed by atoms with van der Waals surface area (Å²) in [4.78, 5) is 4.66. The van der Waals surface area contributed by atoms with Crippen LogP contribution in [0.4, 0.5) is 0 Å². The maximum atomic E-state index is 6.63. The molecular formula is C18H25NO. The molecule has 4 aliphatic carbocycles. The van der Waals surface area contributed by atoms with Gasteiger partial charge in [-0.3, -0.25) is 4.98 Å². The number of aryl methyl sites for hydroxylation is 2. The molecule has 1 aromatic rings. The van der Waals surface area contributed by atoms with Gasteiger partial charge < -0.3 is 4.74 Å². The lowest BCUT2D eigenvalue weighted by Crippen LogP contribution is -2.53. The fourth-order valence-electron chi connectivity index (χ4n) is 5.33. The molecule has 1 aromatic heterocycles. The van der Waals surface area contributed by atoms with E-state index in [1.54, 1.807) is 0 Å². The summed E-state index contributed by atoms with van der Waals surface area (Å²) in [5.74, 6) is 3.86. The Bertz CT molecular complexity index is 487. The third kappa shape index (κ3) is 2.04. The van der Waals surface area contributed by atoms with E-state index in [1.807, 2.05) is 0 Å². The number of ether oxygens (including phenoxy) is 1. The standard InChI is InChI=1S/C18H25NO/c1-3-16-17(5-4-12(2)19-16)20-18-9-13-6-14(10-18)8-15(7-13)11-18/h4-5,13-15H,3,6-11H2,1-2H3. The normalized spacial score (nSPS) is 38.2. The monoisotopic (exact) mass is 271 g/mol. The van der Waals surface area contributed by atoms with Crippen molar-refractivity contribution in [3.8, 4) is 5.75 Å². The van der Waals surface area contributed by atoms with Gasteiger partial charge in [-0.05, 0) is 81.8 Å². The lowest BCUT2D eigenvalue weighted by Gasteiger charge is -2.56. The first-order valence-corrected chi connectivity index (χ1v) is 8.31. The van der Waals surface area contributed by atoms with Crippen molar-refractivity contribution in [2.24, 2.45) is 17.8 Å². The number of aromatic nitrogens is 1. The first kappa shape index (κ1) is 12.7. The summed E-state index contributed by atoms with van der Waals surface area (Å²) >= 11 is 0. The minimum absolute atomic E-state index is 0.148. The van der Waals surface area contributed by atoms with Crippen molar-refractivity contribution >= 4 is 0 Å². The third-order valence-corrected chi connectivity index (χ3v) is 5.72. The van der Waals surface area contributed by atoms with E-state index in [4.69, 9.17) is 4.74 Å². The Balaban J connectivity index is 1.62. The predicted molar refractivity (Wildman–Crippen MR) is 79.9 cm³/mol. The first-order valence-electron chi connectivity index (χ1n) is 8.31. The largest absolute Gasteiger partial charge is 0.485 e. The number of nitrogens with zero attached hydrogens (tertiary/aromatic N) is 1. The maximum absolute atomic E-state index is 6.63. The summed E-state index contributed by atoms with van der Waals surface area (Å²) in [6, 6.07) is 4.24. The molecule has 0 N–H and O–H groups in total. The molecule has 5 rings (SSSR count). The van der Waals surface area contributed by atoms with Crippen molar-refractivity contribution < 1.29 is 4.74 Å². The Hall–Kier alpha value is -1.05. The molecule has 4 bridgehead atoms. The Kier molecular flexibility index (Phi) is 2.84. The molecule has 108 valence electrons. The highest BCUT2D eigenvalue weighted by Crippen LogP contribution is 2.57. The van der Waals surface area contributed by atoms with Gasteiger partial charge in [0.05, 0.1) is 5.69 Å². The second kappa shape index (κ2) is 4.47. The molecule has 0 radical (unpaired) electrons. The van der Waals surface area contributed by atoms with Crippen molar-refractivity contribution in [2.75, 3.05) is 0 Å². The number of hydrogen-bond donors (Lipinski definition) is 0. The Morgan fingerprint density at radius 1 is 1.10 bits per heavy atom. The van der Waals surface area contributed by atoms with Crippen LogP contribution in [-0.4, -0.2) is 10.6 Å². The smallest absolute Gasteiger partial charge is 0.141 e.